The maximum absolute atomic E-state index is 12.1. The SMILES string of the molecule is CC1(C)Oc2ccc(C(=O)NCCSSCCC(=O)O)cc2O1. The normalized spacial score (nSPS) is 14.5. The van der Waals surface area contributed by atoms with Gasteiger partial charge in [0.05, 0.1) is 6.42 Å². The van der Waals surface area contributed by atoms with Crippen molar-refractivity contribution in [2.24, 2.45) is 0 Å². The van der Waals surface area contributed by atoms with Gasteiger partial charge in [-0.15, -0.1) is 0 Å². The summed E-state index contributed by atoms with van der Waals surface area (Å²) in [5.41, 5.74) is 0.522. The van der Waals surface area contributed by atoms with E-state index in [1.807, 2.05) is 13.8 Å². The number of carboxylic acids is 1. The lowest BCUT2D eigenvalue weighted by atomic mass is 10.2. The minimum absolute atomic E-state index is 0.150. The Morgan fingerprint density at radius 3 is 2.61 bits per heavy atom. The number of fused-ring (bicyclic) bond motifs is 1. The van der Waals surface area contributed by atoms with E-state index < -0.39 is 11.8 Å². The van der Waals surface area contributed by atoms with E-state index in [4.69, 9.17) is 14.6 Å². The third-order valence-corrected chi connectivity index (χ3v) is 5.28. The van der Waals surface area contributed by atoms with E-state index >= 15 is 0 Å². The zero-order valence-electron chi connectivity index (χ0n) is 13.0. The van der Waals surface area contributed by atoms with Crippen molar-refractivity contribution in [1.82, 2.24) is 5.32 Å². The number of amides is 1. The summed E-state index contributed by atoms with van der Waals surface area (Å²) in [5, 5.41) is 11.3. The first-order valence-corrected chi connectivity index (χ1v) is 9.63. The molecule has 126 valence electrons. The lowest BCUT2D eigenvalue weighted by Gasteiger charge is -2.16. The van der Waals surface area contributed by atoms with E-state index in [0.717, 1.165) is 0 Å². The van der Waals surface area contributed by atoms with E-state index in [-0.39, 0.29) is 12.3 Å². The Morgan fingerprint density at radius 1 is 1.17 bits per heavy atom. The highest BCUT2D eigenvalue weighted by Gasteiger charge is 2.32. The molecule has 1 aliphatic rings. The number of rotatable bonds is 8. The van der Waals surface area contributed by atoms with Gasteiger partial charge in [-0.2, -0.15) is 0 Å². The Morgan fingerprint density at radius 2 is 1.87 bits per heavy atom. The number of hydrogen-bond donors (Lipinski definition) is 2. The molecule has 0 atom stereocenters. The first kappa shape index (κ1) is 17.8. The lowest BCUT2D eigenvalue weighted by Crippen LogP contribution is -2.29. The highest BCUT2D eigenvalue weighted by atomic mass is 33.1. The predicted molar refractivity (Wildman–Crippen MR) is 91.3 cm³/mol. The molecule has 0 bridgehead atoms. The highest BCUT2D eigenvalue weighted by Crippen LogP contribution is 2.39. The molecule has 1 aromatic carbocycles. The Hall–Kier alpha value is -1.54. The standard InChI is InChI=1S/C15H19NO5S2/c1-15(2)20-11-4-3-10(9-12(11)21-15)14(19)16-6-8-23-22-7-5-13(17)18/h3-4,9H,5-8H2,1-2H3,(H,16,19)(H,17,18). The van der Waals surface area contributed by atoms with Gasteiger partial charge in [0.1, 0.15) is 0 Å². The Kier molecular flexibility index (Phi) is 6.06. The molecule has 1 aliphatic heterocycles. The van der Waals surface area contributed by atoms with Gasteiger partial charge >= 0.3 is 5.97 Å². The van der Waals surface area contributed by atoms with E-state index in [1.54, 1.807) is 29.0 Å². The van der Waals surface area contributed by atoms with Gasteiger partial charge in [0.2, 0.25) is 5.79 Å². The lowest BCUT2D eigenvalue weighted by molar-refractivity contribution is -0.136. The van der Waals surface area contributed by atoms with Crippen LogP contribution in [0.4, 0.5) is 0 Å². The number of nitrogens with one attached hydrogen (secondary N) is 1. The van der Waals surface area contributed by atoms with Crippen molar-refractivity contribution in [3.63, 3.8) is 0 Å². The third kappa shape index (κ3) is 5.54. The van der Waals surface area contributed by atoms with Crippen LogP contribution >= 0.6 is 21.6 Å². The van der Waals surface area contributed by atoms with Crippen LogP contribution in [0.1, 0.15) is 30.6 Å². The fraction of sp³-hybridized carbons (Fsp3) is 0.467. The molecule has 2 rings (SSSR count). The Labute approximate surface area is 142 Å². The molecule has 0 radical (unpaired) electrons. The van der Waals surface area contributed by atoms with Gasteiger partial charge in [0.15, 0.2) is 11.5 Å². The molecular formula is C15H19NO5S2. The van der Waals surface area contributed by atoms with Gasteiger partial charge in [0.25, 0.3) is 5.91 Å². The zero-order chi connectivity index (χ0) is 16.9. The number of benzene rings is 1. The molecule has 0 unspecified atom stereocenters. The molecule has 1 heterocycles. The molecule has 1 amide bonds. The second kappa shape index (κ2) is 7.83. The van der Waals surface area contributed by atoms with Gasteiger partial charge in [-0.3, -0.25) is 9.59 Å². The summed E-state index contributed by atoms with van der Waals surface area (Å²) in [6, 6.07) is 5.11. The molecule has 0 fully saturated rings. The number of aliphatic carboxylic acids is 1. The summed E-state index contributed by atoms with van der Waals surface area (Å²) in [6.07, 6.45) is 0.150. The van der Waals surface area contributed by atoms with Crippen molar-refractivity contribution >= 4 is 33.5 Å². The fourth-order valence-electron chi connectivity index (χ4n) is 1.92. The van der Waals surface area contributed by atoms with E-state index in [1.165, 1.54) is 10.8 Å². The molecule has 0 spiro atoms. The monoisotopic (exact) mass is 357 g/mol. The van der Waals surface area contributed by atoms with Crippen molar-refractivity contribution in [1.29, 1.82) is 0 Å². The van der Waals surface area contributed by atoms with E-state index in [9.17, 15) is 9.59 Å². The van der Waals surface area contributed by atoms with Crippen molar-refractivity contribution in [2.45, 2.75) is 26.1 Å². The van der Waals surface area contributed by atoms with Crippen LogP contribution in [-0.2, 0) is 4.79 Å². The molecule has 1 aromatic rings. The second-order valence-electron chi connectivity index (χ2n) is 5.31. The van der Waals surface area contributed by atoms with Crippen molar-refractivity contribution < 1.29 is 24.2 Å². The van der Waals surface area contributed by atoms with Crippen LogP contribution in [0.25, 0.3) is 0 Å². The smallest absolute Gasteiger partial charge is 0.304 e. The number of ether oxygens (including phenoxy) is 2. The summed E-state index contributed by atoms with van der Waals surface area (Å²) in [4.78, 5) is 22.4. The largest absolute Gasteiger partial charge is 0.481 e. The summed E-state index contributed by atoms with van der Waals surface area (Å²) in [7, 11) is 3.04. The molecular weight excluding hydrogens is 338 g/mol. The average Bonchev–Trinajstić information content (AvgIpc) is 2.78. The van der Waals surface area contributed by atoms with Crippen LogP contribution in [0.2, 0.25) is 0 Å². The van der Waals surface area contributed by atoms with Crippen LogP contribution in [-0.4, -0.2) is 40.8 Å². The second-order valence-corrected chi connectivity index (χ2v) is 8.01. The van der Waals surface area contributed by atoms with Gasteiger partial charge < -0.3 is 19.9 Å². The van der Waals surface area contributed by atoms with Gasteiger partial charge in [-0.25, -0.2) is 0 Å². The number of carbonyl (C=O) groups excluding carboxylic acids is 1. The minimum Gasteiger partial charge on any atom is -0.481 e. The summed E-state index contributed by atoms with van der Waals surface area (Å²) in [6.45, 7) is 4.14. The first-order valence-electron chi connectivity index (χ1n) is 7.14. The summed E-state index contributed by atoms with van der Waals surface area (Å²) < 4.78 is 11.2. The number of hydrogen-bond acceptors (Lipinski definition) is 6. The molecule has 6 nitrogen and oxygen atoms in total. The zero-order valence-corrected chi connectivity index (χ0v) is 14.6. The van der Waals surface area contributed by atoms with Crippen LogP contribution in [0.15, 0.2) is 18.2 Å². The number of carboxylic acid groups (broad SMARTS) is 1. The van der Waals surface area contributed by atoms with Crippen molar-refractivity contribution in [3.8, 4) is 11.5 Å². The highest BCUT2D eigenvalue weighted by molar-refractivity contribution is 8.76. The van der Waals surface area contributed by atoms with Crippen LogP contribution in [0.5, 0.6) is 11.5 Å². The average molecular weight is 357 g/mol. The number of carbonyl (C=O) groups is 2. The van der Waals surface area contributed by atoms with E-state index in [0.29, 0.717) is 35.1 Å². The molecule has 0 aromatic heterocycles. The summed E-state index contributed by atoms with van der Waals surface area (Å²) >= 11 is 0. The molecule has 0 aliphatic carbocycles. The first-order chi connectivity index (χ1) is 10.9. The van der Waals surface area contributed by atoms with Crippen LogP contribution in [0.3, 0.4) is 0 Å². The van der Waals surface area contributed by atoms with Crippen molar-refractivity contribution in [3.05, 3.63) is 23.8 Å². The predicted octanol–water partition coefficient (Wildman–Crippen LogP) is 2.78. The maximum Gasteiger partial charge on any atom is 0.304 e. The molecule has 2 N–H and O–H groups in total. The van der Waals surface area contributed by atoms with Crippen molar-refractivity contribution in [2.75, 3.05) is 18.1 Å². The Balaban J connectivity index is 1.72. The van der Waals surface area contributed by atoms with Gasteiger partial charge in [-0.1, -0.05) is 21.6 Å². The molecule has 0 saturated carbocycles. The van der Waals surface area contributed by atoms with E-state index in [2.05, 4.69) is 5.32 Å². The topological polar surface area (TPSA) is 84.9 Å². The molecule has 0 saturated heterocycles. The fourth-order valence-corrected chi connectivity index (χ4v) is 3.81. The third-order valence-electron chi connectivity index (χ3n) is 2.87. The summed E-state index contributed by atoms with van der Waals surface area (Å²) in [5.74, 6) is 0.814. The van der Waals surface area contributed by atoms with Gasteiger partial charge in [-0.05, 0) is 18.2 Å². The van der Waals surface area contributed by atoms with Crippen LogP contribution in [0, 0.1) is 0 Å². The Bertz CT molecular complexity index is 591. The molecule has 23 heavy (non-hydrogen) atoms. The quantitative estimate of drug-likeness (QED) is 0.546. The maximum atomic E-state index is 12.1. The minimum atomic E-state index is -0.794. The van der Waals surface area contributed by atoms with Gasteiger partial charge in [0, 0.05) is 37.5 Å². The molecule has 8 heteroatoms. The van der Waals surface area contributed by atoms with Crippen LogP contribution < -0.4 is 14.8 Å².